The van der Waals surface area contributed by atoms with Crippen molar-refractivity contribution in [2.24, 2.45) is 0 Å². The van der Waals surface area contributed by atoms with E-state index in [9.17, 15) is 0 Å². The van der Waals surface area contributed by atoms with Gasteiger partial charge in [0.15, 0.2) is 0 Å². The fraction of sp³-hybridized carbons (Fsp3) is 0.0400. The van der Waals surface area contributed by atoms with Crippen molar-refractivity contribution in [1.29, 1.82) is 0 Å². The average Bonchev–Trinajstić information content (AvgIpc) is 2.76. The summed E-state index contributed by atoms with van der Waals surface area (Å²) in [5.74, 6) is 0. The van der Waals surface area contributed by atoms with Gasteiger partial charge in [0.1, 0.15) is 29.3 Å². The Hall–Kier alpha value is -1.63. The van der Waals surface area contributed by atoms with Gasteiger partial charge in [0.2, 0.25) is 0 Å². The second-order valence-corrected chi connectivity index (χ2v) is 11.0. The summed E-state index contributed by atoms with van der Waals surface area (Å²) in [6.07, 6.45) is 0.781. The lowest BCUT2D eigenvalue weighted by molar-refractivity contribution is -0.00000523. The number of benzene rings is 4. The molecule has 0 aliphatic rings. The monoisotopic (exact) mass is 500 g/mol. The third-order valence-electron chi connectivity index (χ3n) is 5.05. The van der Waals surface area contributed by atoms with Crippen molar-refractivity contribution in [2.75, 3.05) is 0 Å². The van der Waals surface area contributed by atoms with Crippen molar-refractivity contribution >= 4 is 46.4 Å². The summed E-state index contributed by atoms with van der Waals surface area (Å²) in [6.45, 7) is 0. The van der Waals surface area contributed by atoms with E-state index in [4.69, 9.17) is 23.2 Å². The second-order valence-electron chi connectivity index (χ2n) is 6.67. The van der Waals surface area contributed by atoms with Gasteiger partial charge in [-0.2, -0.15) is 0 Å². The Bertz CT molecular complexity index is 937. The first-order valence-electron chi connectivity index (χ1n) is 9.19. The van der Waals surface area contributed by atoms with Crippen molar-refractivity contribution in [3.8, 4) is 0 Å². The highest BCUT2D eigenvalue weighted by molar-refractivity contribution is 7.95. The predicted octanol–water partition coefficient (Wildman–Crippen LogP) is 3.49. The molecule has 0 heterocycles. The lowest BCUT2D eigenvalue weighted by atomic mass is 10.2. The molecule has 4 rings (SSSR count). The molecule has 0 bridgehead atoms. The number of halogens is 3. The summed E-state index contributed by atoms with van der Waals surface area (Å²) in [5, 5.41) is 5.41. The molecule has 0 N–H and O–H groups in total. The Balaban J connectivity index is 0.00000240. The first-order valence-corrected chi connectivity index (χ1v) is 11.9. The summed E-state index contributed by atoms with van der Waals surface area (Å²) in [4.78, 5) is 0. The minimum atomic E-state index is -2.00. The molecule has 0 nitrogen and oxygen atoms in total. The third-order valence-corrected chi connectivity index (χ3v) is 10.1. The molecule has 0 saturated carbocycles. The first kappa shape index (κ1) is 22.1. The maximum atomic E-state index is 6.63. The van der Waals surface area contributed by atoms with Gasteiger partial charge in [-0.3, -0.25) is 0 Å². The first-order chi connectivity index (χ1) is 13.7. The van der Waals surface area contributed by atoms with Crippen LogP contribution in [0.5, 0.6) is 0 Å². The Kier molecular flexibility index (Phi) is 7.55. The van der Waals surface area contributed by atoms with Crippen LogP contribution in [0.4, 0.5) is 0 Å². The van der Waals surface area contributed by atoms with Crippen molar-refractivity contribution in [3.63, 3.8) is 0 Å². The molecule has 29 heavy (non-hydrogen) atoms. The zero-order valence-electron chi connectivity index (χ0n) is 15.7. The Morgan fingerprint density at radius 2 is 0.828 bits per heavy atom. The van der Waals surface area contributed by atoms with Crippen molar-refractivity contribution in [3.05, 3.63) is 125 Å². The normalized spacial score (nSPS) is 11.0. The van der Waals surface area contributed by atoms with Crippen LogP contribution in [0, 0.1) is 0 Å². The second kappa shape index (κ2) is 9.92. The van der Waals surface area contributed by atoms with E-state index in [1.807, 2.05) is 18.2 Å². The van der Waals surface area contributed by atoms with E-state index in [-0.39, 0.29) is 17.0 Å². The van der Waals surface area contributed by atoms with Crippen LogP contribution < -0.4 is 32.9 Å². The van der Waals surface area contributed by atoms with E-state index in [2.05, 4.69) is 91.0 Å². The SMILES string of the molecule is Clc1cccc(Cl)c1C[P+](c1ccccc1)(c1ccccc1)c1ccccc1.[Br-]. The molecule has 146 valence electrons. The van der Waals surface area contributed by atoms with E-state index >= 15 is 0 Å². The Morgan fingerprint density at radius 3 is 1.17 bits per heavy atom. The third kappa shape index (κ3) is 4.44. The summed E-state index contributed by atoms with van der Waals surface area (Å²) >= 11 is 13.3. The molecule has 0 radical (unpaired) electrons. The van der Waals surface area contributed by atoms with Crippen LogP contribution in [0.3, 0.4) is 0 Å². The molecule has 0 amide bonds. The minimum Gasteiger partial charge on any atom is -1.00 e. The molecule has 4 aromatic carbocycles. The fourth-order valence-electron chi connectivity index (χ4n) is 3.69. The summed E-state index contributed by atoms with van der Waals surface area (Å²) in [7, 11) is -2.00. The minimum absolute atomic E-state index is 0. The van der Waals surface area contributed by atoms with Crippen LogP contribution in [0.15, 0.2) is 109 Å². The molecule has 4 heteroatoms. The van der Waals surface area contributed by atoms with Crippen molar-refractivity contribution in [1.82, 2.24) is 0 Å². The van der Waals surface area contributed by atoms with Crippen LogP contribution in [0.25, 0.3) is 0 Å². The Labute approximate surface area is 193 Å². The van der Waals surface area contributed by atoms with Crippen LogP contribution in [-0.4, -0.2) is 0 Å². The summed E-state index contributed by atoms with van der Waals surface area (Å²) in [5.41, 5.74) is 1.01. The molecule has 0 spiro atoms. The van der Waals surface area contributed by atoms with Crippen LogP contribution >= 0.6 is 30.5 Å². The average molecular weight is 502 g/mol. The van der Waals surface area contributed by atoms with Crippen LogP contribution in [0.1, 0.15) is 5.56 Å². The van der Waals surface area contributed by atoms with Crippen LogP contribution in [0.2, 0.25) is 10.0 Å². The molecule has 4 aromatic rings. The van der Waals surface area contributed by atoms with E-state index in [0.717, 1.165) is 21.8 Å². The number of hydrogen-bond donors (Lipinski definition) is 0. The topological polar surface area (TPSA) is 0 Å². The molecule has 0 aromatic heterocycles. The fourth-order valence-corrected chi connectivity index (χ4v) is 8.71. The largest absolute Gasteiger partial charge is 1.00 e. The van der Waals surface area contributed by atoms with E-state index < -0.39 is 7.26 Å². The van der Waals surface area contributed by atoms with Gasteiger partial charge in [0.05, 0.1) is 0 Å². The molecule has 0 atom stereocenters. The molecule has 0 aliphatic heterocycles. The Morgan fingerprint density at radius 1 is 0.483 bits per heavy atom. The predicted molar refractivity (Wildman–Crippen MR) is 125 cm³/mol. The molecule has 0 saturated heterocycles. The maximum Gasteiger partial charge on any atom is 0.116 e. The highest BCUT2D eigenvalue weighted by atomic mass is 79.9. The standard InChI is InChI=1S/C25H20Cl2P.BrH/c26-24-17-10-18-25(27)23(24)19-28(20-11-4-1-5-12-20,21-13-6-2-7-14-21)22-15-8-3-9-16-22;/h1-18H,19H2;1H/q+1;/p-1. The van der Waals surface area contributed by atoms with Crippen LogP contribution in [-0.2, 0) is 6.16 Å². The van der Waals surface area contributed by atoms with E-state index in [1.54, 1.807) is 0 Å². The number of hydrogen-bond acceptors (Lipinski definition) is 0. The van der Waals surface area contributed by atoms with E-state index in [1.165, 1.54) is 15.9 Å². The highest BCUT2D eigenvalue weighted by Crippen LogP contribution is 2.59. The lowest BCUT2D eigenvalue weighted by Crippen LogP contribution is -3.00. The number of rotatable bonds is 5. The smallest absolute Gasteiger partial charge is 0.116 e. The van der Waals surface area contributed by atoms with Crippen molar-refractivity contribution < 1.29 is 17.0 Å². The molecule has 0 aliphatic carbocycles. The lowest BCUT2D eigenvalue weighted by Gasteiger charge is -2.28. The van der Waals surface area contributed by atoms with Gasteiger partial charge < -0.3 is 17.0 Å². The summed E-state index contributed by atoms with van der Waals surface area (Å²) in [6, 6.07) is 38.1. The summed E-state index contributed by atoms with van der Waals surface area (Å²) < 4.78 is 0. The molecule has 0 fully saturated rings. The van der Waals surface area contributed by atoms with Gasteiger partial charge in [-0.25, -0.2) is 0 Å². The zero-order valence-corrected chi connectivity index (χ0v) is 19.7. The van der Waals surface area contributed by atoms with Gasteiger partial charge in [0, 0.05) is 15.6 Å². The zero-order chi connectivity index (χ0) is 19.4. The van der Waals surface area contributed by atoms with Gasteiger partial charge in [-0.1, -0.05) is 83.9 Å². The van der Waals surface area contributed by atoms with Gasteiger partial charge in [0.25, 0.3) is 0 Å². The van der Waals surface area contributed by atoms with Gasteiger partial charge >= 0.3 is 0 Å². The molecular weight excluding hydrogens is 482 g/mol. The molecule has 0 unspecified atom stereocenters. The van der Waals surface area contributed by atoms with Gasteiger partial charge in [-0.15, -0.1) is 0 Å². The quantitative estimate of drug-likeness (QED) is 0.367. The van der Waals surface area contributed by atoms with Gasteiger partial charge in [-0.05, 0) is 48.5 Å². The highest BCUT2D eigenvalue weighted by Gasteiger charge is 2.46. The van der Waals surface area contributed by atoms with E-state index in [0.29, 0.717) is 0 Å². The van der Waals surface area contributed by atoms with Crippen molar-refractivity contribution in [2.45, 2.75) is 6.16 Å². The molecular formula is C25H20BrCl2P. The maximum absolute atomic E-state index is 6.63.